The average molecular weight is 272 g/mol. The number of aryl methyl sites for hydroxylation is 1. The lowest BCUT2D eigenvalue weighted by molar-refractivity contribution is 0.0948. The molecule has 2 rings (SSSR count). The normalized spacial score (nSPS) is 15.7. The van der Waals surface area contributed by atoms with Gasteiger partial charge in [-0.1, -0.05) is 0 Å². The van der Waals surface area contributed by atoms with Crippen molar-refractivity contribution in [3.05, 3.63) is 33.7 Å². The summed E-state index contributed by atoms with van der Waals surface area (Å²) in [7, 11) is 0. The minimum absolute atomic E-state index is 0. The lowest BCUT2D eigenvalue weighted by atomic mass is 10.2. The molecule has 1 aliphatic carbocycles. The van der Waals surface area contributed by atoms with E-state index in [4.69, 9.17) is 5.73 Å². The molecule has 0 saturated heterocycles. The standard InChI is InChI=1S/C12H17N3O2.ClH/c1-7-2-5-9(12(17)15-7)11(16)14-6-10(13)8-3-4-8;/h2,5,8,10H,3-4,6,13H2,1H3,(H,14,16)(H,15,17);1H. The predicted octanol–water partition coefficient (Wildman–Crippen LogP) is 0.572. The third kappa shape index (κ3) is 3.58. The van der Waals surface area contributed by atoms with Gasteiger partial charge in [-0.2, -0.15) is 0 Å². The van der Waals surface area contributed by atoms with Gasteiger partial charge in [0.2, 0.25) is 0 Å². The Kier molecular flexibility index (Phi) is 4.93. The maximum Gasteiger partial charge on any atom is 0.260 e. The number of H-pyrrole nitrogens is 1. The molecule has 6 heteroatoms. The maximum atomic E-state index is 11.7. The van der Waals surface area contributed by atoms with Crippen molar-refractivity contribution in [3.8, 4) is 0 Å². The second-order valence-electron chi connectivity index (χ2n) is 4.60. The lowest BCUT2D eigenvalue weighted by Gasteiger charge is -2.11. The van der Waals surface area contributed by atoms with E-state index in [1.54, 1.807) is 13.0 Å². The Morgan fingerprint density at radius 1 is 1.56 bits per heavy atom. The number of carbonyl (C=O) groups is 1. The molecule has 100 valence electrons. The van der Waals surface area contributed by atoms with Crippen molar-refractivity contribution in [2.75, 3.05) is 6.54 Å². The first-order valence-electron chi connectivity index (χ1n) is 5.81. The number of amides is 1. The molecule has 0 radical (unpaired) electrons. The summed E-state index contributed by atoms with van der Waals surface area (Å²) in [5.41, 5.74) is 6.38. The summed E-state index contributed by atoms with van der Waals surface area (Å²) in [5.74, 6) is 0.175. The maximum absolute atomic E-state index is 11.7. The van der Waals surface area contributed by atoms with Crippen molar-refractivity contribution < 1.29 is 4.79 Å². The van der Waals surface area contributed by atoms with Crippen molar-refractivity contribution in [2.24, 2.45) is 11.7 Å². The van der Waals surface area contributed by atoms with Crippen molar-refractivity contribution in [2.45, 2.75) is 25.8 Å². The molecule has 1 aliphatic rings. The van der Waals surface area contributed by atoms with Crippen LogP contribution >= 0.6 is 12.4 Å². The highest BCUT2D eigenvalue weighted by Gasteiger charge is 2.28. The Morgan fingerprint density at radius 3 is 2.78 bits per heavy atom. The average Bonchev–Trinajstić information content (AvgIpc) is 3.09. The van der Waals surface area contributed by atoms with Gasteiger partial charge in [0.05, 0.1) is 0 Å². The van der Waals surface area contributed by atoms with Crippen LogP contribution in [0.15, 0.2) is 16.9 Å². The van der Waals surface area contributed by atoms with Crippen LogP contribution in [0.4, 0.5) is 0 Å². The number of carbonyl (C=O) groups excluding carboxylic acids is 1. The van der Waals surface area contributed by atoms with Crippen molar-refractivity contribution >= 4 is 18.3 Å². The van der Waals surface area contributed by atoms with E-state index in [9.17, 15) is 9.59 Å². The van der Waals surface area contributed by atoms with Gasteiger partial charge >= 0.3 is 0 Å². The van der Waals surface area contributed by atoms with Crippen LogP contribution in [0.1, 0.15) is 28.9 Å². The van der Waals surface area contributed by atoms with Crippen LogP contribution in [0, 0.1) is 12.8 Å². The molecule has 1 fully saturated rings. The number of aromatic nitrogens is 1. The molecule has 1 unspecified atom stereocenters. The largest absolute Gasteiger partial charge is 0.350 e. The molecule has 1 heterocycles. The first-order chi connectivity index (χ1) is 8.08. The molecule has 1 saturated carbocycles. The van der Waals surface area contributed by atoms with Gasteiger partial charge in [0.1, 0.15) is 5.56 Å². The van der Waals surface area contributed by atoms with Crippen molar-refractivity contribution in [1.82, 2.24) is 10.3 Å². The third-order valence-corrected chi connectivity index (χ3v) is 3.03. The molecule has 0 bridgehead atoms. The summed E-state index contributed by atoms with van der Waals surface area (Å²) in [6.45, 7) is 2.20. The van der Waals surface area contributed by atoms with Gasteiger partial charge in [-0.15, -0.1) is 12.4 Å². The number of hydrogen-bond donors (Lipinski definition) is 3. The summed E-state index contributed by atoms with van der Waals surface area (Å²) in [4.78, 5) is 25.9. The number of nitrogens with two attached hydrogens (primary N) is 1. The molecule has 18 heavy (non-hydrogen) atoms. The van der Waals surface area contributed by atoms with Gasteiger partial charge in [-0.3, -0.25) is 9.59 Å². The van der Waals surface area contributed by atoms with E-state index in [1.165, 1.54) is 6.07 Å². The van der Waals surface area contributed by atoms with E-state index in [-0.39, 0.29) is 35.5 Å². The molecule has 1 aromatic heterocycles. The number of halogens is 1. The van der Waals surface area contributed by atoms with E-state index in [0.29, 0.717) is 12.5 Å². The topological polar surface area (TPSA) is 88.0 Å². The zero-order chi connectivity index (χ0) is 12.4. The van der Waals surface area contributed by atoms with Crippen LogP contribution in [-0.2, 0) is 0 Å². The minimum atomic E-state index is -0.359. The molecule has 4 N–H and O–H groups in total. The number of aromatic amines is 1. The highest BCUT2D eigenvalue weighted by molar-refractivity contribution is 5.93. The summed E-state index contributed by atoms with van der Waals surface area (Å²) < 4.78 is 0. The van der Waals surface area contributed by atoms with Gasteiger partial charge in [0, 0.05) is 18.3 Å². The van der Waals surface area contributed by atoms with Crippen LogP contribution in [0.5, 0.6) is 0 Å². The molecule has 5 nitrogen and oxygen atoms in total. The van der Waals surface area contributed by atoms with Crippen molar-refractivity contribution in [1.29, 1.82) is 0 Å². The number of pyridine rings is 1. The molecule has 1 aromatic rings. The van der Waals surface area contributed by atoms with Gasteiger partial charge in [0.25, 0.3) is 11.5 Å². The van der Waals surface area contributed by atoms with E-state index in [2.05, 4.69) is 10.3 Å². The summed E-state index contributed by atoms with van der Waals surface area (Å²) in [6.07, 6.45) is 2.28. The molecule has 0 aromatic carbocycles. The molecule has 1 atom stereocenters. The predicted molar refractivity (Wildman–Crippen MR) is 72.1 cm³/mol. The first-order valence-corrected chi connectivity index (χ1v) is 5.81. The fraction of sp³-hybridized carbons (Fsp3) is 0.500. The number of nitrogens with one attached hydrogen (secondary N) is 2. The van der Waals surface area contributed by atoms with Crippen LogP contribution in [0.3, 0.4) is 0 Å². The molecular formula is C12H18ClN3O2. The third-order valence-electron chi connectivity index (χ3n) is 3.03. The first kappa shape index (κ1) is 14.7. The SMILES string of the molecule is Cc1ccc(C(=O)NCC(N)C2CC2)c(=O)[nH]1.Cl. The zero-order valence-electron chi connectivity index (χ0n) is 10.2. The van der Waals surface area contributed by atoms with Gasteiger partial charge in [-0.05, 0) is 37.8 Å². The fourth-order valence-electron chi connectivity index (χ4n) is 1.75. The minimum Gasteiger partial charge on any atom is -0.350 e. The Bertz CT molecular complexity index is 482. The van der Waals surface area contributed by atoms with Gasteiger partial charge in [0.15, 0.2) is 0 Å². The lowest BCUT2D eigenvalue weighted by Crippen LogP contribution is -2.40. The molecule has 0 aliphatic heterocycles. The van der Waals surface area contributed by atoms with E-state index in [1.807, 2.05) is 0 Å². The fourth-order valence-corrected chi connectivity index (χ4v) is 1.75. The summed E-state index contributed by atoms with van der Waals surface area (Å²) in [5, 5.41) is 2.70. The Labute approximate surface area is 112 Å². The second-order valence-corrected chi connectivity index (χ2v) is 4.60. The van der Waals surface area contributed by atoms with E-state index < -0.39 is 0 Å². The van der Waals surface area contributed by atoms with Gasteiger partial charge < -0.3 is 16.0 Å². The van der Waals surface area contributed by atoms with Crippen LogP contribution in [-0.4, -0.2) is 23.5 Å². The van der Waals surface area contributed by atoms with E-state index >= 15 is 0 Å². The van der Waals surface area contributed by atoms with E-state index in [0.717, 1.165) is 18.5 Å². The number of hydrogen-bond acceptors (Lipinski definition) is 3. The highest BCUT2D eigenvalue weighted by Crippen LogP contribution is 2.31. The Balaban J connectivity index is 0.00000162. The van der Waals surface area contributed by atoms with Crippen LogP contribution in [0.2, 0.25) is 0 Å². The Hall–Kier alpha value is -1.33. The van der Waals surface area contributed by atoms with Crippen molar-refractivity contribution in [3.63, 3.8) is 0 Å². The van der Waals surface area contributed by atoms with Crippen LogP contribution in [0.25, 0.3) is 0 Å². The summed E-state index contributed by atoms with van der Waals surface area (Å²) in [6, 6.07) is 3.24. The quantitative estimate of drug-likeness (QED) is 0.748. The smallest absolute Gasteiger partial charge is 0.260 e. The monoisotopic (exact) mass is 271 g/mol. The number of rotatable bonds is 4. The second kappa shape index (κ2) is 6.02. The molecule has 1 amide bonds. The molecular weight excluding hydrogens is 254 g/mol. The van der Waals surface area contributed by atoms with Gasteiger partial charge in [-0.25, -0.2) is 0 Å². The van der Waals surface area contributed by atoms with Crippen LogP contribution < -0.4 is 16.6 Å². The highest BCUT2D eigenvalue weighted by atomic mass is 35.5. The molecule has 0 spiro atoms. The Morgan fingerprint density at radius 2 is 2.22 bits per heavy atom. The zero-order valence-corrected chi connectivity index (χ0v) is 11.0. The summed E-state index contributed by atoms with van der Waals surface area (Å²) >= 11 is 0.